The summed E-state index contributed by atoms with van der Waals surface area (Å²) in [7, 11) is 1.55. The van der Waals surface area contributed by atoms with Gasteiger partial charge in [0.2, 0.25) is 0 Å². The molecule has 100 valence electrons. The molecule has 0 fully saturated rings. The van der Waals surface area contributed by atoms with Crippen LogP contribution in [0.15, 0.2) is 30.3 Å². The number of carbonyl (C=O) groups excluding carboxylic acids is 1. The molecule has 0 spiro atoms. The zero-order valence-corrected chi connectivity index (χ0v) is 12.5. The number of ether oxygens (including phenoxy) is 1. The van der Waals surface area contributed by atoms with Crippen molar-refractivity contribution in [2.45, 2.75) is 19.2 Å². The molecular formula is C13H17FINO2. The highest BCUT2D eigenvalue weighted by Gasteiger charge is 2.15. The van der Waals surface area contributed by atoms with E-state index in [9.17, 15) is 9.18 Å². The molecule has 0 heterocycles. The molecule has 1 amide bonds. The first-order chi connectivity index (χ1) is 8.63. The second kappa shape index (κ2) is 8.29. The minimum absolute atomic E-state index is 0.0800. The summed E-state index contributed by atoms with van der Waals surface area (Å²) in [6.45, 7) is 0.296. The lowest BCUT2D eigenvalue weighted by Crippen LogP contribution is -2.33. The zero-order valence-electron chi connectivity index (χ0n) is 10.3. The standard InChI is InChI=1S/C13H17FINO2/c1-16(9-12(14)7-8-15)13(17)18-10-11-5-3-2-4-6-11/h2-6,12H,7-10H2,1H3. The SMILES string of the molecule is CN(CC(F)CCI)C(=O)OCc1ccccc1. The van der Waals surface area contributed by atoms with Crippen LogP contribution in [0, 0.1) is 0 Å². The first-order valence-electron chi connectivity index (χ1n) is 5.75. The van der Waals surface area contributed by atoms with Crippen molar-refractivity contribution in [3.63, 3.8) is 0 Å². The molecule has 0 radical (unpaired) electrons. The molecule has 18 heavy (non-hydrogen) atoms. The Balaban J connectivity index is 2.32. The Morgan fingerprint density at radius 2 is 2.11 bits per heavy atom. The van der Waals surface area contributed by atoms with Crippen LogP contribution in [-0.2, 0) is 11.3 Å². The van der Waals surface area contributed by atoms with Gasteiger partial charge in [0.25, 0.3) is 0 Å². The van der Waals surface area contributed by atoms with E-state index < -0.39 is 12.3 Å². The molecule has 0 aromatic heterocycles. The zero-order chi connectivity index (χ0) is 13.4. The maximum Gasteiger partial charge on any atom is 0.409 e. The number of halogens is 2. The molecule has 1 aromatic rings. The number of hydrogen-bond acceptors (Lipinski definition) is 2. The summed E-state index contributed by atoms with van der Waals surface area (Å²) >= 11 is 2.12. The smallest absolute Gasteiger partial charge is 0.409 e. The van der Waals surface area contributed by atoms with Crippen molar-refractivity contribution in [2.75, 3.05) is 18.0 Å². The number of carbonyl (C=O) groups is 1. The van der Waals surface area contributed by atoms with Gasteiger partial charge in [-0.3, -0.25) is 0 Å². The van der Waals surface area contributed by atoms with Crippen LogP contribution < -0.4 is 0 Å². The van der Waals surface area contributed by atoms with Crippen LogP contribution in [0.1, 0.15) is 12.0 Å². The lowest BCUT2D eigenvalue weighted by molar-refractivity contribution is 0.0952. The molecule has 0 saturated heterocycles. The van der Waals surface area contributed by atoms with Crippen molar-refractivity contribution >= 4 is 28.7 Å². The maximum absolute atomic E-state index is 13.3. The number of alkyl halides is 2. The number of amides is 1. The normalized spacial score (nSPS) is 11.9. The summed E-state index contributed by atoms with van der Waals surface area (Å²) < 4.78 is 19.2. The first-order valence-corrected chi connectivity index (χ1v) is 7.28. The highest BCUT2D eigenvalue weighted by Crippen LogP contribution is 2.06. The van der Waals surface area contributed by atoms with E-state index in [2.05, 4.69) is 22.6 Å². The van der Waals surface area contributed by atoms with Gasteiger partial charge in [-0.25, -0.2) is 9.18 Å². The molecule has 0 bridgehead atoms. The van der Waals surface area contributed by atoms with Gasteiger partial charge in [0.05, 0.1) is 6.54 Å². The van der Waals surface area contributed by atoms with Gasteiger partial charge in [-0.05, 0) is 12.0 Å². The maximum atomic E-state index is 13.3. The van der Waals surface area contributed by atoms with Crippen LogP contribution >= 0.6 is 22.6 Å². The quantitative estimate of drug-likeness (QED) is 0.571. The van der Waals surface area contributed by atoms with Crippen molar-refractivity contribution in [3.05, 3.63) is 35.9 Å². The van der Waals surface area contributed by atoms with Crippen LogP contribution in [-0.4, -0.2) is 35.2 Å². The Hall–Kier alpha value is -0.850. The van der Waals surface area contributed by atoms with Gasteiger partial charge in [0, 0.05) is 11.5 Å². The fourth-order valence-electron chi connectivity index (χ4n) is 1.41. The average Bonchev–Trinajstić information content (AvgIpc) is 2.37. The Bertz CT molecular complexity index is 361. The van der Waals surface area contributed by atoms with Gasteiger partial charge in [-0.2, -0.15) is 0 Å². The summed E-state index contributed by atoms with van der Waals surface area (Å²) in [6, 6.07) is 9.41. The van der Waals surface area contributed by atoms with Crippen molar-refractivity contribution in [1.82, 2.24) is 4.90 Å². The van der Waals surface area contributed by atoms with E-state index in [4.69, 9.17) is 4.74 Å². The summed E-state index contributed by atoms with van der Waals surface area (Å²) in [5.74, 6) is 0. The Labute approximate surface area is 120 Å². The molecule has 3 nitrogen and oxygen atoms in total. The minimum atomic E-state index is -0.990. The Kier molecular flexibility index (Phi) is 7.00. The second-order valence-electron chi connectivity index (χ2n) is 4.00. The Morgan fingerprint density at radius 3 is 2.72 bits per heavy atom. The van der Waals surface area contributed by atoms with Crippen molar-refractivity contribution in [3.8, 4) is 0 Å². The van der Waals surface area contributed by atoms with E-state index in [1.54, 1.807) is 7.05 Å². The molecule has 1 unspecified atom stereocenters. The van der Waals surface area contributed by atoms with Gasteiger partial charge in [0.15, 0.2) is 0 Å². The summed E-state index contributed by atoms with van der Waals surface area (Å²) in [5.41, 5.74) is 0.920. The van der Waals surface area contributed by atoms with Crippen molar-refractivity contribution < 1.29 is 13.9 Å². The number of rotatable bonds is 6. The summed E-state index contributed by atoms with van der Waals surface area (Å²) in [5, 5.41) is 0. The molecule has 1 atom stereocenters. The van der Waals surface area contributed by atoms with Crippen LogP contribution in [0.4, 0.5) is 9.18 Å². The van der Waals surface area contributed by atoms with Crippen LogP contribution in [0.3, 0.4) is 0 Å². The number of benzene rings is 1. The number of nitrogens with zero attached hydrogens (tertiary/aromatic N) is 1. The third-order valence-corrected chi connectivity index (χ3v) is 3.03. The van der Waals surface area contributed by atoms with E-state index in [0.29, 0.717) is 6.42 Å². The lowest BCUT2D eigenvalue weighted by Gasteiger charge is -2.18. The van der Waals surface area contributed by atoms with Gasteiger partial charge in [-0.15, -0.1) is 0 Å². The average molecular weight is 365 g/mol. The highest BCUT2D eigenvalue weighted by atomic mass is 127. The van der Waals surface area contributed by atoms with E-state index in [-0.39, 0.29) is 13.2 Å². The molecule has 0 aliphatic rings. The topological polar surface area (TPSA) is 29.5 Å². The van der Waals surface area contributed by atoms with Gasteiger partial charge in [0.1, 0.15) is 12.8 Å². The summed E-state index contributed by atoms with van der Waals surface area (Å²) in [4.78, 5) is 12.9. The van der Waals surface area contributed by atoms with E-state index >= 15 is 0 Å². The highest BCUT2D eigenvalue weighted by molar-refractivity contribution is 14.1. The second-order valence-corrected chi connectivity index (χ2v) is 5.07. The van der Waals surface area contributed by atoms with Crippen molar-refractivity contribution in [1.29, 1.82) is 0 Å². The fourth-order valence-corrected chi connectivity index (χ4v) is 2.09. The predicted octanol–water partition coefficient (Wildman–Crippen LogP) is 3.42. The molecule has 0 aliphatic carbocycles. The van der Waals surface area contributed by atoms with Gasteiger partial charge < -0.3 is 9.64 Å². The molecular weight excluding hydrogens is 348 g/mol. The molecule has 0 N–H and O–H groups in total. The number of hydrogen-bond donors (Lipinski definition) is 0. The largest absolute Gasteiger partial charge is 0.445 e. The molecule has 5 heteroatoms. The van der Waals surface area contributed by atoms with Crippen LogP contribution in [0.2, 0.25) is 0 Å². The Morgan fingerprint density at radius 1 is 1.44 bits per heavy atom. The van der Waals surface area contributed by atoms with Gasteiger partial charge in [-0.1, -0.05) is 52.9 Å². The van der Waals surface area contributed by atoms with Crippen LogP contribution in [0.25, 0.3) is 0 Å². The van der Waals surface area contributed by atoms with Crippen LogP contribution in [0.5, 0.6) is 0 Å². The first kappa shape index (κ1) is 15.2. The van der Waals surface area contributed by atoms with Crippen molar-refractivity contribution in [2.24, 2.45) is 0 Å². The molecule has 0 saturated carbocycles. The van der Waals surface area contributed by atoms with E-state index in [0.717, 1.165) is 9.99 Å². The summed E-state index contributed by atoms with van der Waals surface area (Å²) in [6.07, 6.45) is -1.03. The monoisotopic (exact) mass is 365 g/mol. The van der Waals surface area contributed by atoms with E-state index in [1.165, 1.54) is 4.90 Å². The third kappa shape index (κ3) is 5.66. The van der Waals surface area contributed by atoms with Gasteiger partial charge >= 0.3 is 6.09 Å². The molecule has 1 aromatic carbocycles. The predicted molar refractivity (Wildman–Crippen MR) is 77.7 cm³/mol. The molecule has 1 rings (SSSR count). The third-order valence-electron chi connectivity index (χ3n) is 2.41. The minimum Gasteiger partial charge on any atom is -0.445 e. The fraction of sp³-hybridized carbons (Fsp3) is 0.462. The molecule has 0 aliphatic heterocycles. The lowest BCUT2D eigenvalue weighted by atomic mass is 10.2. The van der Waals surface area contributed by atoms with E-state index in [1.807, 2.05) is 30.3 Å².